The highest BCUT2D eigenvalue weighted by molar-refractivity contribution is 7.99. The molecule has 0 unspecified atom stereocenters. The fraction of sp³-hybridized carbons (Fsp3) is 0.308. The quantitative estimate of drug-likeness (QED) is 0.820. The van der Waals surface area contributed by atoms with Crippen LogP contribution in [0.25, 0.3) is 10.9 Å². The number of H-pyrrole nitrogens is 1. The summed E-state index contributed by atoms with van der Waals surface area (Å²) in [7, 11) is 0. The molecule has 0 atom stereocenters. The van der Waals surface area contributed by atoms with Gasteiger partial charge in [0.2, 0.25) is 0 Å². The Balaban J connectivity index is 2.07. The van der Waals surface area contributed by atoms with E-state index in [2.05, 4.69) is 17.1 Å². The number of thioether (sulfide) groups is 1. The molecule has 0 aliphatic heterocycles. The SMILES string of the molecule is CC(C)C(=O)CSc1cc2ccccc2[nH]1. The molecule has 2 nitrogen and oxygen atoms in total. The number of fused-ring (bicyclic) bond motifs is 1. The average molecular weight is 233 g/mol. The van der Waals surface area contributed by atoms with Gasteiger partial charge in [-0.1, -0.05) is 32.0 Å². The monoisotopic (exact) mass is 233 g/mol. The fourth-order valence-corrected chi connectivity index (χ4v) is 2.46. The number of aromatic nitrogens is 1. The molecule has 1 aromatic heterocycles. The predicted octanol–water partition coefficient (Wildman–Crippen LogP) is 3.49. The molecule has 0 aliphatic carbocycles. The molecule has 3 heteroatoms. The summed E-state index contributed by atoms with van der Waals surface area (Å²) < 4.78 is 0. The number of benzene rings is 1. The lowest BCUT2D eigenvalue weighted by Gasteiger charge is -2.01. The number of ketones is 1. The topological polar surface area (TPSA) is 32.9 Å². The number of aromatic amines is 1. The molecule has 2 aromatic rings. The first-order valence-electron chi connectivity index (χ1n) is 5.40. The molecule has 1 heterocycles. The minimum Gasteiger partial charge on any atom is -0.350 e. The third kappa shape index (κ3) is 2.47. The minimum atomic E-state index is 0.122. The van der Waals surface area contributed by atoms with Gasteiger partial charge in [0.1, 0.15) is 5.78 Å². The number of carbonyl (C=O) groups excluding carboxylic acids is 1. The summed E-state index contributed by atoms with van der Waals surface area (Å²) in [5.41, 5.74) is 1.13. The highest BCUT2D eigenvalue weighted by Gasteiger charge is 2.08. The first-order valence-corrected chi connectivity index (χ1v) is 6.38. The van der Waals surface area contributed by atoms with Crippen molar-refractivity contribution < 1.29 is 4.79 Å². The predicted molar refractivity (Wildman–Crippen MR) is 68.9 cm³/mol. The van der Waals surface area contributed by atoms with E-state index in [4.69, 9.17) is 0 Å². The Morgan fingerprint density at radius 1 is 1.38 bits per heavy atom. The number of carbonyl (C=O) groups is 1. The van der Waals surface area contributed by atoms with Crippen LogP contribution in [0.2, 0.25) is 0 Å². The standard InChI is InChI=1S/C13H15NOS/c1-9(2)12(15)8-16-13-7-10-5-3-4-6-11(10)14-13/h3-7,9,14H,8H2,1-2H3. The second-order valence-electron chi connectivity index (χ2n) is 4.13. The van der Waals surface area contributed by atoms with E-state index in [0.717, 1.165) is 10.5 Å². The lowest BCUT2D eigenvalue weighted by molar-refractivity contribution is -0.119. The van der Waals surface area contributed by atoms with Crippen molar-refractivity contribution in [3.63, 3.8) is 0 Å². The van der Waals surface area contributed by atoms with Crippen molar-refractivity contribution in [3.05, 3.63) is 30.3 Å². The summed E-state index contributed by atoms with van der Waals surface area (Å²) in [5.74, 6) is 0.963. The van der Waals surface area contributed by atoms with Crippen LogP contribution < -0.4 is 0 Å². The molecule has 0 spiro atoms. The van der Waals surface area contributed by atoms with Crippen molar-refractivity contribution in [1.29, 1.82) is 0 Å². The highest BCUT2D eigenvalue weighted by atomic mass is 32.2. The van der Waals surface area contributed by atoms with E-state index in [1.54, 1.807) is 11.8 Å². The Hall–Kier alpha value is -1.22. The molecule has 0 aliphatic rings. The summed E-state index contributed by atoms with van der Waals surface area (Å²) in [4.78, 5) is 14.8. The maximum Gasteiger partial charge on any atom is 0.145 e. The molecule has 0 saturated heterocycles. The largest absolute Gasteiger partial charge is 0.350 e. The van der Waals surface area contributed by atoms with Crippen LogP contribution in [-0.2, 0) is 4.79 Å². The van der Waals surface area contributed by atoms with E-state index >= 15 is 0 Å². The van der Waals surface area contributed by atoms with Crippen molar-refractivity contribution in [2.24, 2.45) is 5.92 Å². The number of rotatable bonds is 4. The summed E-state index contributed by atoms with van der Waals surface area (Å²) >= 11 is 1.58. The van der Waals surface area contributed by atoms with Crippen LogP contribution in [0, 0.1) is 5.92 Å². The van der Waals surface area contributed by atoms with Gasteiger partial charge in [-0.2, -0.15) is 0 Å². The van der Waals surface area contributed by atoms with E-state index in [-0.39, 0.29) is 5.92 Å². The van der Waals surface area contributed by atoms with Crippen molar-refractivity contribution >= 4 is 28.4 Å². The van der Waals surface area contributed by atoms with Crippen LogP contribution in [-0.4, -0.2) is 16.5 Å². The minimum absolute atomic E-state index is 0.122. The maximum atomic E-state index is 11.5. The number of Topliss-reactive ketones (excluding diaryl/α,β-unsaturated/α-hetero) is 1. The maximum absolute atomic E-state index is 11.5. The van der Waals surface area contributed by atoms with Gasteiger partial charge in [0, 0.05) is 16.8 Å². The van der Waals surface area contributed by atoms with Crippen LogP contribution in [0.15, 0.2) is 35.4 Å². The number of nitrogens with one attached hydrogen (secondary N) is 1. The van der Waals surface area contributed by atoms with Gasteiger partial charge < -0.3 is 4.98 Å². The molecule has 2 rings (SSSR count). The summed E-state index contributed by atoms with van der Waals surface area (Å²) in [5, 5.41) is 2.26. The van der Waals surface area contributed by atoms with E-state index in [1.165, 1.54) is 5.39 Å². The highest BCUT2D eigenvalue weighted by Crippen LogP contribution is 2.23. The van der Waals surface area contributed by atoms with Crippen LogP contribution in [0.1, 0.15) is 13.8 Å². The third-order valence-electron chi connectivity index (χ3n) is 2.52. The summed E-state index contributed by atoms with van der Waals surface area (Å²) in [6.07, 6.45) is 0. The van der Waals surface area contributed by atoms with Gasteiger partial charge in [0.15, 0.2) is 0 Å². The van der Waals surface area contributed by atoms with Gasteiger partial charge in [-0.15, -0.1) is 11.8 Å². The zero-order valence-corrected chi connectivity index (χ0v) is 10.3. The second-order valence-corrected chi connectivity index (χ2v) is 5.15. The Morgan fingerprint density at radius 3 is 2.81 bits per heavy atom. The second kappa shape index (κ2) is 4.74. The van der Waals surface area contributed by atoms with Crippen molar-refractivity contribution in [2.75, 3.05) is 5.75 Å². The molecule has 0 radical (unpaired) electrons. The third-order valence-corrected chi connectivity index (χ3v) is 3.48. The molecule has 1 aromatic carbocycles. The zero-order chi connectivity index (χ0) is 11.5. The molecular formula is C13H15NOS. The zero-order valence-electron chi connectivity index (χ0n) is 9.49. The van der Waals surface area contributed by atoms with Gasteiger partial charge in [-0.3, -0.25) is 4.79 Å². The van der Waals surface area contributed by atoms with Gasteiger partial charge in [-0.25, -0.2) is 0 Å². The van der Waals surface area contributed by atoms with Crippen molar-refractivity contribution in [1.82, 2.24) is 4.98 Å². The summed E-state index contributed by atoms with van der Waals surface area (Å²) in [6, 6.07) is 10.2. The van der Waals surface area contributed by atoms with Gasteiger partial charge in [0.25, 0.3) is 0 Å². The molecule has 16 heavy (non-hydrogen) atoms. The smallest absolute Gasteiger partial charge is 0.145 e. The Labute approximate surface area is 99.4 Å². The van der Waals surface area contributed by atoms with Gasteiger partial charge in [0.05, 0.1) is 10.8 Å². The molecule has 84 valence electrons. The fourth-order valence-electron chi connectivity index (χ4n) is 1.44. The van der Waals surface area contributed by atoms with E-state index < -0.39 is 0 Å². The number of hydrogen-bond acceptors (Lipinski definition) is 2. The Bertz CT molecular complexity index is 468. The van der Waals surface area contributed by atoms with E-state index in [1.807, 2.05) is 32.0 Å². The molecule has 0 amide bonds. The van der Waals surface area contributed by atoms with Crippen LogP contribution in [0.5, 0.6) is 0 Å². The van der Waals surface area contributed by atoms with Crippen LogP contribution in [0.3, 0.4) is 0 Å². The van der Waals surface area contributed by atoms with Gasteiger partial charge >= 0.3 is 0 Å². The van der Waals surface area contributed by atoms with Crippen molar-refractivity contribution in [2.45, 2.75) is 18.9 Å². The average Bonchev–Trinajstić information content (AvgIpc) is 2.68. The molecule has 0 bridgehead atoms. The lowest BCUT2D eigenvalue weighted by atomic mass is 10.1. The first kappa shape index (κ1) is 11.3. The summed E-state index contributed by atoms with van der Waals surface area (Å²) in [6.45, 7) is 3.88. The first-order chi connectivity index (χ1) is 7.66. The van der Waals surface area contributed by atoms with E-state index in [0.29, 0.717) is 11.5 Å². The van der Waals surface area contributed by atoms with Gasteiger partial charge in [-0.05, 0) is 12.1 Å². The Morgan fingerprint density at radius 2 is 2.12 bits per heavy atom. The molecule has 0 fully saturated rings. The molecule has 1 N–H and O–H groups in total. The van der Waals surface area contributed by atoms with Crippen molar-refractivity contribution in [3.8, 4) is 0 Å². The molecular weight excluding hydrogens is 218 g/mol. The van der Waals surface area contributed by atoms with Crippen LogP contribution in [0.4, 0.5) is 0 Å². The normalized spacial score (nSPS) is 11.2. The van der Waals surface area contributed by atoms with E-state index in [9.17, 15) is 4.79 Å². The number of para-hydroxylation sites is 1. The lowest BCUT2D eigenvalue weighted by Crippen LogP contribution is -2.09. The Kier molecular flexibility index (Phi) is 3.34. The molecule has 0 saturated carbocycles. The van der Waals surface area contributed by atoms with Crippen LogP contribution >= 0.6 is 11.8 Å². The number of hydrogen-bond donors (Lipinski definition) is 1.